The van der Waals surface area contributed by atoms with Crippen molar-refractivity contribution in [3.8, 4) is 0 Å². The molecule has 3 heterocycles. The van der Waals surface area contributed by atoms with Crippen LogP contribution in [0, 0.1) is 0 Å². The lowest BCUT2D eigenvalue weighted by Gasteiger charge is -2.39. The number of Topliss-reactive ketones (excluding diaryl/α,β-unsaturated/α-hetero) is 1. The molecular weight excluding hydrogens is 434 g/mol. The highest BCUT2D eigenvalue weighted by Crippen LogP contribution is 2.41. The van der Waals surface area contributed by atoms with E-state index in [2.05, 4.69) is 4.98 Å². The maximum atomic E-state index is 13.3. The number of carbonyl (C=O) groups is 3. The number of benzene rings is 1. The maximum Gasteiger partial charge on any atom is 0.409 e. The number of aliphatic hydroxyl groups is 1. The van der Waals surface area contributed by atoms with Gasteiger partial charge in [0.2, 0.25) is 0 Å². The van der Waals surface area contributed by atoms with Gasteiger partial charge in [0.05, 0.1) is 18.2 Å². The van der Waals surface area contributed by atoms with Gasteiger partial charge in [-0.1, -0.05) is 36.4 Å². The van der Waals surface area contributed by atoms with Gasteiger partial charge in [-0.25, -0.2) is 4.79 Å². The molecule has 0 aliphatic carbocycles. The highest BCUT2D eigenvalue weighted by atomic mass is 16.6. The Bertz CT molecular complexity index is 1060. The van der Waals surface area contributed by atoms with Gasteiger partial charge in [-0.3, -0.25) is 14.6 Å². The fraction of sp³-hybridized carbons (Fsp3) is 0.385. The summed E-state index contributed by atoms with van der Waals surface area (Å²) < 4.78 is 5.09. The van der Waals surface area contributed by atoms with Crippen molar-refractivity contribution in [2.24, 2.45) is 0 Å². The summed E-state index contributed by atoms with van der Waals surface area (Å²) >= 11 is 0. The summed E-state index contributed by atoms with van der Waals surface area (Å²) in [5.41, 5.74) is 1.82. The van der Waals surface area contributed by atoms with Gasteiger partial charge in [-0.2, -0.15) is 0 Å². The van der Waals surface area contributed by atoms with Crippen LogP contribution in [0.15, 0.2) is 66.2 Å². The fourth-order valence-corrected chi connectivity index (χ4v) is 4.73. The SMILES string of the molecule is CCOC(=O)N1CCC(N2C(=O)C(O)=C(C(=O)CCc3ccccc3)C2c2cccnc2)CC1. The van der Waals surface area contributed by atoms with Crippen LogP contribution in [-0.2, 0) is 20.7 Å². The molecule has 1 N–H and O–H groups in total. The number of rotatable bonds is 7. The fourth-order valence-electron chi connectivity index (χ4n) is 4.73. The summed E-state index contributed by atoms with van der Waals surface area (Å²) in [4.78, 5) is 46.0. The lowest BCUT2D eigenvalue weighted by atomic mass is 9.92. The van der Waals surface area contributed by atoms with Crippen LogP contribution in [0.3, 0.4) is 0 Å². The van der Waals surface area contributed by atoms with Crippen molar-refractivity contribution in [1.29, 1.82) is 0 Å². The van der Waals surface area contributed by atoms with Crippen LogP contribution in [0.4, 0.5) is 4.79 Å². The Kier molecular flexibility index (Phi) is 7.25. The summed E-state index contributed by atoms with van der Waals surface area (Å²) in [6.07, 6.45) is 4.64. The Morgan fingerprint density at radius 3 is 2.50 bits per heavy atom. The second-order valence-electron chi connectivity index (χ2n) is 8.49. The van der Waals surface area contributed by atoms with Crippen LogP contribution in [0.1, 0.15) is 43.4 Å². The molecule has 178 valence electrons. The largest absolute Gasteiger partial charge is 0.503 e. The Labute approximate surface area is 198 Å². The number of amides is 2. The predicted molar refractivity (Wildman–Crippen MR) is 125 cm³/mol. The summed E-state index contributed by atoms with van der Waals surface area (Å²) in [5.74, 6) is -1.29. The number of ketones is 1. The molecule has 8 nitrogen and oxygen atoms in total. The Hall–Kier alpha value is -3.68. The van der Waals surface area contributed by atoms with E-state index in [1.54, 1.807) is 35.2 Å². The molecule has 2 aliphatic rings. The van der Waals surface area contributed by atoms with Crippen molar-refractivity contribution in [3.05, 3.63) is 77.3 Å². The molecular formula is C26H29N3O5. The molecule has 2 amide bonds. The number of hydrogen-bond donors (Lipinski definition) is 1. The van der Waals surface area contributed by atoms with Crippen LogP contribution in [0.5, 0.6) is 0 Å². The first-order chi connectivity index (χ1) is 16.5. The van der Waals surface area contributed by atoms with Crippen molar-refractivity contribution >= 4 is 17.8 Å². The number of aryl methyl sites for hydroxylation is 1. The van der Waals surface area contributed by atoms with E-state index >= 15 is 0 Å². The first-order valence-corrected chi connectivity index (χ1v) is 11.7. The average molecular weight is 464 g/mol. The summed E-state index contributed by atoms with van der Waals surface area (Å²) in [5, 5.41) is 10.8. The number of nitrogens with zero attached hydrogens (tertiary/aromatic N) is 3. The van der Waals surface area contributed by atoms with E-state index in [1.807, 2.05) is 36.4 Å². The van der Waals surface area contributed by atoms with E-state index < -0.39 is 17.7 Å². The first-order valence-electron chi connectivity index (χ1n) is 11.7. The van der Waals surface area contributed by atoms with Crippen molar-refractivity contribution in [2.75, 3.05) is 19.7 Å². The number of aliphatic hydroxyl groups excluding tert-OH is 1. The second kappa shape index (κ2) is 10.5. The number of hydrogen-bond acceptors (Lipinski definition) is 6. The zero-order valence-electron chi connectivity index (χ0n) is 19.2. The number of pyridine rings is 1. The van der Waals surface area contributed by atoms with Crippen molar-refractivity contribution in [2.45, 2.75) is 44.7 Å². The number of ether oxygens (including phenoxy) is 1. The van der Waals surface area contributed by atoms with Crippen LogP contribution in [-0.4, -0.2) is 63.4 Å². The van der Waals surface area contributed by atoms with E-state index in [1.165, 1.54) is 0 Å². The van der Waals surface area contributed by atoms with Gasteiger partial charge >= 0.3 is 6.09 Å². The van der Waals surface area contributed by atoms with Crippen LogP contribution in [0.2, 0.25) is 0 Å². The highest BCUT2D eigenvalue weighted by Gasteiger charge is 2.47. The molecule has 8 heteroatoms. The second-order valence-corrected chi connectivity index (χ2v) is 8.49. The summed E-state index contributed by atoms with van der Waals surface area (Å²) in [6, 6.07) is 12.3. The van der Waals surface area contributed by atoms with Crippen molar-refractivity contribution in [3.63, 3.8) is 0 Å². The van der Waals surface area contributed by atoms with Gasteiger partial charge in [0.25, 0.3) is 5.91 Å². The predicted octanol–water partition coefficient (Wildman–Crippen LogP) is 3.60. The number of likely N-dealkylation sites (tertiary alicyclic amines) is 1. The van der Waals surface area contributed by atoms with Gasteiger partial charge in [0.15, 0.2) is 11.5 Å². The zero-order chi connectivity index (χ0) is 24.1. The molecule has 1 atom stereocenters. The van der Waals surface area contributed by atoms with E-state index in [0.29, 0.717) is 44.5 Å². The normalized spacial score (nSPS) is 19.0. The Morgan fingerprint density at radius 2 is 1.85 bits per heavy atom. The van der Waals surface area contributed by atoms with Gasteiger partial charge < -0.3 is 19.6 Å². The molecule has 1 unspecified atom stereocenters. The molecule has 0 bridgehead atoms. The van der Waals surface area contributed by atoms with E-state index in [0.717, 1.165) is 5.56 Å². The zero-order valence-corrected chi connectivity index (χ0v) is 19.2. The number of piperidine rings is 1. The maximum absolute atomic E-state index is 13.3. The standard InChI is InChI=1S/C26H29N3O5/c1-2-34-26(33)28-15-12-20(13-16-28)29-23(19-9-6-14-27-17-19)22(24(31)25(29)32)21(30)11-10-18-7-4-3-5-8-18/h3-9,14,17,20,23,31H,2,10-13,15-16H2,1H3. The molecule has 2 aromatic rings. The first kappa shape index (κ1) is 23.5. The van der Waals surface area contributed by atoms with Crippen molar-refractivity contribution < 1.29 is 24.2 Å². The van der Waals surface area contributed by atoms with E-state index in [-0.39, 0.29) is 29.9 Å². The smallest absolute Gasteiger partial charge is 0.409 e. The lowest BCUT2D eigenvalue weighted by molar-refractivity contribution is -0.132. The topological polar surface area (TPSA) is 100 Å². The summed E-state index contributed by atoms with van der Waals surface area (Å²) in [6.45, 7) is 2.94. The minimum absolute atomic E-state index is 0.127. The molecule has 1 aromatic carbocycles. The third-order valence-corrected chi connectivity index (χ3v) is 6.41. The van der Waals surface area contributed by atoms with Crippen LogP contribution < -0.4 is 0 Å². The lowest BCUT2D eigenvalue weighted by Crippen LogP contribution is -2.48. The third kappa shape index (κ3) is 4.81. The molecule has 2 aliphatic heterocycles. The molecule has 1 fully saturated rings. The molecule has 1 saturated heterocycles. The van der Waals surface area contributed by atoms with Gasteiger partial charge in [-0.15, -0.1) is 0 Å². The van der Waals surface area contributed by atoms with Crippen LogP contribution in [0.25, 0.3) is 0 Å². The third-order valence-electron chi connectivity index (χ3n) is 6.41. The quantitative estimate of drug-likeness (QED) is 0.674. The minimum Gasteiger partial charge on any atom is -0.503 e. The monoisotopic (exact) mass is 463 g/mol. The highest BCUT2D eigenvalue weighted by molar-refractivity contribution is 6.09. The molecule has 0 radical (unpaired) electrons. The van der Waals surface area contributed by atoms with Gasteiger partial charge in [-0.05, 0) is 43.4 Å². The molecule has 0 saturated carbocycles. The van der Waals surface area contributed by atoms with E-state index in [9.17, 15) is 19.5 Å². The number of aromatic nitrogens is 1. The molecule has 1 aromatic heterocycles. The summed E-state index contributed by atoms with van der Waals surface area (Å²) in [7, 11) is 0. The number of carbonyl (C=O) groups excluding carboxylic acids is 3. The molecule has 4 rings (SSSR count). The van der Waals surface area contributed by atoms with Gasteiger partial charge in [0, 0.05) is 37.9 Å². The molecule has 34 heavy (non-hydrogen) atoms. The Balaban J connectivity index is 1.56. The van der Waals surface area contributed by atoms with Crippen molar-refractivity contribution in [1.82, 2.24) is 14.8 Å². The Morgan fingerprint density at radius 1 is 1.12 bits per heavy atom. The average Bonchev–Trinajstić information content (AvgIpc) is 3.14. The minimum atomic E-state index is -0.705. The van der Waals surface area contributed by atoms with Gasteiger partial charge in [0.1, 0.15) is 0 Å². The van der Waals surface area contributed by atoms with E-state index in [4.69, 9.17) is 4.74 Å². The van der Waals surface area contributed by atoms with Crippen LogP contribution >= 0.6 is 0 Å². The molecule has 0 spiro atoms.